The van der Waals surface area contributed by atoms with Crippen LogP contribution in [0.5, 0.6) is 5.75 Å². The summed E-state index contributed by atoms with van der Waals surface area (Å²) >= 11 is 0. The summed E-state index contributed by atoms with van der Waals surface area (Å²) < 4.78 is 18.9. The fourth-order valence-corrected chi connectivity index (χ4v) is 1.81. The van der Waals surface area contributed by atoms with Crippen molar-refractivity contribution in [3.63, 3.8) is 0 Å². The van der Waals surface area contributed by atoms with Crippen LogP contribution < -0.4 is 4.74 Å². The molecule has 0 aliphatic carbocycles. The van der Waals surface area contributed by atoms with Crippen LogP contribution in [0.3, 0.4) is 0 Å². The third kappa shape index (κ3) is 2.89. The molecular weight excluding hydrogens is 227 g/mol. The van der Waals surface area contributed by atoms with Gasteiger partial charge < -0.3 is 4.74 Å². The van der Waals surface area contributed by atoms with Crippen LogP contribution in [0.1, 0.15) is 22.3 Å². The van der Waals surface area contributed by atoms with Gasteiger partial charge in [0.15, 0.2) is 0 Å². The van der Waals surface area contributed by atoms with Gasteiger partial charge in [-0.3, -0.25) is 0 Å². The molecule has 0 atom stereocenters. The summed E-state index contributed by atoms with van der Waals surface area (Å²) in [4.78, 5) is 0. The highest BCUT2D eigenvalue weighted by atomic mass is 19.1. The summed E-state index contributed by atoms with van der Waals surface area (Å²) in [7, 11) is 0. The van der Waals surface area contributed by atoms with Crippen LogP contribution in [0.2, 0.25) is 0 Å². The molecule has 0 saturated carbocycles. The minimum absolute atomic E-state index is 0.222. The minimum Gasteiger partial charge on any atom is -0.489 e. The molecule has 0 N–H and O–H groups in total. The van der Waals surface area contributed by atoms with E-state index in [0.29, 0.717) is 6.61 Å². The molecule has 0 saturated heterocycles. The van der Waals surface area contributed by atoms with Crippen LogP contribution in [-0.2, 0) is 6.61 Å². The topological polar surface area (TPSA) is 9.23 Å². The zero-order valence-electron chi connectivity index (χ0n) is 11.0. The molecule has 2 heteroatoms. The minimum atomic E-state index is -0.222. The molecule has 0 fully saturated rings. The number of rotatable bonds is 3. The Labute approximate surface area is 107 Å². The summed E-state index contributed by atoms with van der Waals surface area (Å²) in [5, 5.41) is 0. The number of hydrogen-bond donors (Lipinski definition) is 0. The molecule has 2 aromatic carbocycles. The quantitative estimate of drug-likeness (QED) is 0.780. The Bertz CT molecular complexity index is 510. The Morgan fingerprint density at radius 3 is 2.44 bits per heavy atom. The van der Waals surface area contributed by atoms with Gasteiger partial charge >= 0.3 is 0 Å². The molecule has 0 bridgehead atoms. The first-order valence-corrected chi connectivity index (χ1v) is 6.01. The van der Waals surface area contributed by atoms with E-state index in [-0.39, 0.29) is 5.82 Å². The second-order valence-electron chi connectivity index (χ2n) is 4.63. The third-order valence-electron chi connectivity index (χ3n) is 3.04. The summed E-state index contributed by atoms with van der Waals surface area (Å²) in [6, 6.07) is 10.9. The molecule has 2 aromatic rings. The van der Waals surface area contributed by atoms with Crippen molar-refractivity contribution in [1.29, 1.82) is 0 Å². The predicted octanol–water partition coefficient (Wildman–Crippen LogP) is 4.33. The molecule has 0 aromatic heterocycles. The van der Waals surface area contributed by atoms with Crippen molar-refractivity contribution in [1.82, 2.24) is 0 Å². The highest BCUT2D eigenvalue weighted by Gasteiger charge is 2.04. The lowest BCUT2D eigenvalue weighted by molar-refractivity contribution is 0.302. The first-order chi connectivity index (χ1) is 8.56. The van der Waals surface area contributed by atoms with E-state index in [4.69, 9.17) is 4.74 Å². The van der Waals surface area contributed by atoms with E-state index in [9.17, 15) is 4.39 Å². The van der Waals surface area contributed by atoms with E-state index in [0.717, 1.165) is 28.0 Å². The fraction of sp³-hybridized carbons (Fsp3) is 0.250. The third-order valence-corrected chi connectivity index (χ3v) is 3.04. The molecule has 0 aliphatic heterocycles. The van der Waals surface area contributed by atoms with Gasteiger partial charge in [0, 0.05) is 0 Å². The van der Waals surface area contributed by atoms with E-state index in [1.54, 1.807) is 6.07 Å². The number of ether oxygens (including phenoxy) is 1. The molecule has 0 amide bonds. The zero-order chi connectivity index (χ0) is 13.1. The lowest BCUT2D eigenvalue weighted by atomic mass is 10.1. The Morgan fingerprint density at radius 1 is 0.944 bits per heavy atom. The van der Waals surface area contributed by atoms with Gasteiger partial charge in [-0.2, -0.15) is 0 Å². The molecule has 18 heavy (non-hydrogen) atoms. The average molecular weight is 244 g/mol. The number of halogens is 1. The standard InChI is InChI=1S/C16H17FO/c1-11-4-5-13(3)16(8-11)18-10-14-9-15(17)7-6-12(14)2/h4-9H,10H2,1-3H3. The van der Waals surface area contributed by atoms with Crippen molar-refractivity contribution in [2.24, 2.45) is 0 Å². The number of hydrogen-bond acceptors (Lipinski definition) is 1. The number of aryl methyl sites for hydroxylation is 3. The first-order valence-electron chi connectivity index (χ1n) is 6.01. The second-order valence-corrected chi connectivity index (χ2v) is 4.63. The maximum absolute atomic E-state index is 13.2. The molecule has 0 heterocycles. The van der Waals surface area contributed by atoms with Crippen LogP contribution in [-0.4, -0.2) is 0 Å². The van der Waals surface area contributed by atoms with Gasteiger partial charge in [0.2, 0.25) is 0 Å². The van der Waals surface area contributed by atoms with Crippen molar-refractivity contribution in [2.45, 2.75) is 27.4 Å². The number of benzene rings is 2. The van der Waals surface area contributed by atoms with Gasteiger partial charge in [-0.25, -0.2) is 4.39 Å². The summed E-state index contributed by atoms with van der Waals surface area (Å²) in [6.45, 7) is 6.39. The zero-order valence-corrected chi connectivity index (χ0v) is 11.0. The monoisotopic (exact) mass is 244 g/mol. The molecule has 0 spiro atoms. The first kappa shape index (κ1) is 12.6. The van der Waals surface area contributed by atoms with Crippen molar-refractivity contribution in [3.8, 4) is 5.75 Å². The second kappa shape index (κ2) is 5.21. The van der Waals surface area contributed by atoms with E-state index >= 15 is 0 Å². The smallest absolute Gasteiger partial charge is 0.123 e. The van der Waals surface area contributed by atoms with E-state index in [1.807, 2.05) is 32.9 Å². The molecule has 0 aliphatic rings. The van der Waals surface area contributed by atoms with Crippen LogP contribution in [0.25, 0.3) is 0 Å². The average Bonchev–Trinajstić information content (AvgIpc) is 2.34. The van der Waals surface area contributed by atoms with Crippen LogP contribution in [0.15, 0.2) is 36.4 Å². The Morgan fingerprint density at radius 2 is 1.67 bits per heavy atom. The van der Waals surface area contributed by atoms with E-state index < -0.39 is 0 Å². The van der Waals surface area contributed by atoms with Crippen LogP contribution >= 0.6 is 0 Å². The van der Waals surface area contributed by atoms with Crippen LogP contribution in [0, 0.1) is 26.6 Å². The van der Waals surface area contributed by atoms with Gasteiger partial charge in [0.05, 0.1) is 0 Å². The van der Waals surface area contributed by atoms with E-state index in [2.05, 4.69) is 6.07 Å². The maximum atomic E-state index is 13.2. The fourth-order valence-electron chi connectivity index (χ4n) is 1.81. The molecule has 94 valence electrons. The van der Waals surface area contributed by atoms with Gasteiger partial charge in [-0.15, -0.1) is 0 Å². The van der Waals surface area contributed by atoms with Gasteiger partial charge in [-0.1, -0.05) is 18.2 Å². The van der Waals surface area contributed by atoms with Gasteiger partial charge in [-0.05, 0) is 61.2 Å². The van der Waals surface area contributed by atoms with Crippen molar-refractivity contribution in [3.05, 3.63) is 64.5 Å². The highest BCUT2D eigenvalue weighted by Crippen LogP contribution is 2.21. The van der Waals surface area contributed by atoms with Crippen molar-refractivity contribution < 1.29 is 9.13 Å². The predicted molar refractivity (Wildman–Crippen MR) is 71.4 cm³/mol. The molecule has 0 unspecified atom stereocenters. The Kier molecular flexibility index (Phi) is 3.66. The lowest BCUT2D eigenvalue weighted by Gasteiger charge is -2.11. The van der Waals surface area contributed by atoms with Crippen LogP contribution in [0.4, 0.5) is 4.39 Å². The summed E-state index contributed by atoms with van der Waals surface area (Å²) in [5.74, 6) is 0.638. The van der Waals surface area contributed by atoms with Gasteiger partial charge in [0.25, 0.3) is 0 Å². The van der Waals surface area contributed by atoms with Crippen molar-refractivity contribution >= 4 is 0 Å². The largest absolute Gasteiger partial charge is 0.489 e. The summed E-state index contributed by atoms with van der Waals surface area (Å²) in [5.41, 5.74) is 4.18. The summed E-state index contributed by atoms with van der Waals surface area (Å²) in [6.07, 6.45) is 0. The highest BCUT2D eigenvalue weighted by molar-refractivity contribution is 5.36. The Hall–Kier alpha value is -1.83. The molecule has 0 radical (unpaired) electrons. The SMILES string of the molecule is Cc1ccc(C)c(OCc2cc(F)ccc2C)c1. The lowest BCUT2D eigenvalue weighted by Crippen LogP contribution is -2.00. The molecule has 1 nitrogen and oxygen atoms in total. The molecule has 2 rings (SSSR count). The maximum Gasteiger partial charge on any atom is 0.123 e. The van der Waals surface area contributed by atoms with E-state index in [1.165, 1.54) is 12.1 Å². The van der Waals surface area contributed by atoms with Crippen molar-refractivity contribution in [2.75, 3.05) is 0 Å². The Balaban J connectivity index is 2.16. The van der Waals surface area contributed by atoms with Gasteiger partial charge in [0.1, 0.15) is 18.2 Å². The normalized spacial score (nSPS) is 10.4. The molecular formula is C16H17FO.